The number of nitrogens with zero attached hydrogens (tertiary/aromatic N) is 1. The summed E-state index contributed by atoms with van der Waals surface area (Å²) in [4.78, 5) is 16.0. The van der Waals surface area contributed by atoms with Gasteiger partial charge in [-0.2, -0.15) is 0 Å². The minimum Gasteiger partial charge on any atom is -0.476 e. The van der Waals surface area contributed by atoms with E-state index in [1.165, 1.54) is 11.3 Å². The van der Waals surface area contributed by atoms with E-state index < -0.39 is 5.97 Å². The number of aromatic carboxylic acids is 1. The van der Waals surface area contributed by atoms with E-state index in [-0.39, 0.29) is 11.6 Å². The highest BCUT2D eigenvalue weighted by Crippen LogP contribution is 2.41. The van der Waals surface area contributed by atoms with Gasteiger partial charge in [0, 0.05) is 11.5 Å². The summed E-state index contributed by atoms with van der Waals surface area (Å²) in [7, 11) is 0. The third-order valence-corrected chi connectivity index (χ3v) is 4.53. The molecule has 0 aliphatic rings. The van der Waals surface area contributed by atoms with E-state index in [1.54, 1.807) is 18.2 Å². The summed E-state index contributed by atoms with van der Waals surface area (Å²) < 4.78 is 0. The second-order valence-electron chi connectivity index (χ2n) is 4.29. The van der Waals surface area contributed by atoms with E-state index >= 15 is 0 Å². The molecule has 0 bridgehead atoms. The molecule has 0 radical (unpaired) electrons. The summed E-state index contributed by atoms with van der Waals surface area (Å²) >= 11 is 13.6. The van der Waals surface area contributed by atoms with Crippen molar-refractivity contribution >= 4 is 40.5 Å². The monoisotopic (exact) mass is 315 g/mol. The molecule has 1 aromatic carbocycles. The summed E-state index contributed by atoms with van der Waals surface area (Å²) in [6.07, 6.45) is 0. The maximum atomic E-state index is 11.3. The largest absolute Gasteiger partial charge is 0.476 e. The first-order valence-electron chi connectivity index (χ1n) is 5.60. The molecule has 0 aliphatic heterocycles. The summed E-state index contributed by atoms with van der Waals surface area (Å²) in [5.41, 5.74) is 0.538. The number of carboxylic acid groups (broad SMARTS) is 1. The van der Waals surface area contributed by atoms with Gasteiger partial charge in [-0.1, -0.05) is 43.1 Å². The van der Waals surface area contributed by atoms with Gasteiger partial charge >= 0.3 is 5.97 Å². The minimum absolute atomic E-state index is 0.00343. The Morgan fingerprint density at radius 2 is 1.89 bits per heavy atom. The number of rotatable bonds is 3. The van der Waals surface area contributed by atoms with Gasteiger partial charge in [-0.15, -0.1) is 11.3 Å². The molecule has 19 heavy (non-hydrogen) atoms. The molecule has 0 unspecified atom stereocenters. The van der Waals surface area contributed by atoms with Gasteiger partial charge in [0.25, 0.3) is 0 Å². The van der Waals surface area contributed by atoms with Crippen LogP contribution >= 0.6 is 34.5 Å². The lowest BCUT2D eigenvalue weighted by Gasteiger charge is -2.04. The number of carboxylic acids is 1. The van der Waals surface area contributed by atoms with Gasteiger partial charge in [0.05, 0.1) is 19.9 Å². The van der Waals surface area contributed by atoms with Gasteiger partial charge in [-0.25, -0.2) is 9.78 Å². The zero-order valence-corrected chi connectivity index (χ0v) is 12.6. The van der Waals surface area contributed by atoms with Crippen LogP contribution in [-0.2, 0) is 0 Å². The van der Waals surface area contributed by atoms with Crippen LogP contribution in [0.4, 0.5) is 0 Å². The molecular weight excluding hydrogens is 305 g/mol. The highest BCUT2D eigenvalue weighted by atomic mass is 35.5. The molecule has 6 heteroatoms. The number of hydrogen-bond acceptors (Lipinski definition) is 3. The third kappa shape index (κ3) is 2.76. The van der Waals surface area contributed by atoms with E-state index in [0.717, 1.165) is 5.01 Å². The SMILES string of the molecule is CC(C)c1nc(C(=O)O)c(-c2c(Cl)cccc2Cl)s1. The van der Waals surface area contributed by atoms with E-state index in [4.69, 9.17) is 23.2 Å². The smallest absolute Gasteiger partial charge is 0.356 e. The predicted molar refractivity (Wildman–Crippen MR) is 78.6 cm³/mol. The topological polar surface area (TPSA) is 50.2 Å². The van der Waals surface area contributed by atoms with Gasteiger partial charge in [-0.3, -0.25) is 0 Å². The van der Waals surface area contributed by atoms with E-state index in [2.05, 4.69) is 4.98 Å². The highest BCUT2D eigenvalue weighted by Gasteiger charge is 2.23. The molecule has 0 fully saturated rings. The van der Waals surface area contributed by atoms with E-state index in [9.17, 15) is 9.90 Å². The van der Waals surface area contributed by atoms with Crippen LogP contribution in [0.5, 0.6) is 0 Å². The Morgan fingerprint density at radius 3 is 2.37 bits per heavy atom. The molecule has 1 N–H and O–H groups in total. The van der Waals surface area contributed by atoms with Gasteiger partial charge in [0.1, 0.15) is 0 Å². The fourth-order valence-electron chi connectivity index (χ4n) is 1.61. The molecule has 2 rings (SSSR count). The average molecular weight is 316 g/mol. The van der Waals surface area contributed by atoms with Crippen molar-refractivity contribution in [2.45, 2.75) is 19.8 Å². The van der Waals surface area contributed by atoms with Crippen molar-refractivity contribution in [3.05, 3.63) is 38.9 Å². The van der Waals surface area contributed by atoms with Crippen molar-refractivity contribution in [2.75, 3.05) is 0 Å². The first-order valence-corrected chi connectivity index (χ1v) is 7.17. The summed E-state index contributed by atoms with van der Waals surface area (Å²) in [6.45, 7) is 3.92. The number of halogens is 2. The van der Waals surface area contributed by atoms with E-state index in [0.29, 0.717) is 20.5 Å². The second kappa shape index (κ2) is 5.49. The Kier molecular flexibility index (Phi) is 4.13. The summed E-state index contributed by atoms with van der Waals surface area (Å²) in [5.74, 6) is -0.924. The average Bonchev–Trinajstić information content (AvgIpc) is 2.73. The van der Waals surface area contributed by atoms with Crippen LogP contribution in [0.1, 0.15) is 35.3 Å². The van der Waals surface area contributed by atoms with Crippen LogP contribution < -0.4 is 0 Å². The van der Waals surface area contributed by atoms with Crippen molar-refractivity contribution in [3.8, 4) is 10.4 Å². The Labute approximate surface area is 124 Å². The second-order valence-corrected chi connectivity index (χ2v) is 6.13. The lowest BCUT2D eigenvalue weighted by Crippen LogP contribution is -2.00. The van der Waals surface area contributed by atoms with Crippen molar-refractivity contribution in [1.29, 1.82) is 0 Å². The lowest BCUT2D eigenvalue weighted by molar-refractivity contribution is 0.0692. The quantitative estimate of drug-likeness (QED) is 0.872. The van der Waals surface area contributed by atoms with Gasteiger partial charge in [0.2, 0.25) is 0 Å². The Hall–Kier alpha value is -1.10. The highest BCUT2D eigenvalue weighted by molar-refractivity contribution is 7.15. The number of benzene rings is 1. The van der Waals surface area contributed by atoms with Gasteiger partial charge in [0.15, 0.2) is 5.69 Å². The third-order valence-electron chi connectivity index (χ3n) is 2.53. The first-order chi connectivity index (χ1) is 8.91. The molecule has 0 spiro atoms. The Balaban J connectivity index is 2.71. The maximum Gasteiger partial charge on any atom is 0.356 e. The molecule has 1 aromatic heterocycles. The van der Waals surface area contributed by atoms with Crippen LogP contribution in [0.15, 0.2) is 18.2 Å². The molecule has 100 valence electrons. The number of carbonyl (C=O) groups is 1. The maximum absolute atomic E-state index is 11.3. The van der Waals surface area contributed by atoms with Crippen LogP contribution in [-0.4, -0.2) is 16.1 Å². The summed E-state index contributed by atoms with van der Waals surface area (Å²) in [5, 5.41) is 10.9. The Bertz CT molecular complexity index is 617. The summed E-state index contributed by atoms with van der Waals surface area (Å²) in [6, 6.07) is 5.09. The number of thiazole rings is 1. The molecule has 0 saturated carbocycles. The standard InChI is InChI=1S/C13H11Cl2NO2S/c1-6(2)12-16-10(13(17)18)11(19-12)9-7(14)4-3-5-8(9)15/h3-6H,1-2H3,(H,17,18). The fraction of sp³-hybridized carbons (Fsp3) is 0.231. The normalized spacial score (nSPS) is 11.0. The van der Waals surface area contributed by atoms with Crippen LogP contribution in [0.3, 0.4) is 0 Å². The number of aromatic nitrogens is 1. The molecule has 0 amide bonds. The zero-order valence-electron chi connectivity index (χ0n) is 10.3. The molecule has 1 heterocycles. The first kappa shape index (κ1) is 14.3. The minimum atomic E-state index is -1.07. The van der Waals surface area contributed by atoms with Crippen LogP contribution in [0.25, 0.3) is 10.4 Å². The Morgan fingerprint density at radius 1 is 1.32 bits per heavy atom. The molecule has 0 aliphatic carbocycles. The number of hydrogen-bond donors (Lipinski definition) is 1. The molecule has 2 aromatic rings. The van der Waals surface area contributed by atoms with Gasteiger partial charge < -0.3 is 5.11 Å². The predicted octanol–water partition coefficient (Wildman–Crippen LogP) is 4.94. The van der Waals surface area contributed by atoms with Crippen LogP contribution in [0, 0.1) is 0 Å². The van der Waals surface area contributed by atoms with Crippen molar-refractivity contribution < 1.29 is 9.90 Å². The van der Waals surface area contributed by atoms with E-state index in [1.807, 2.05) is 13.8 Å². The molecule has 3 nitrogen and oxygen atoms in total. The van der Waals surface area contributed by atoms with Crippen molar-refractivity contribution in [3.63, 3.8) is 0 Å². The van der Waals surface area contributed by atoms with Crippen molar-refractivity contribution in [1.82, 2.24) is 4.98 Å². The molecular formula is C13H11Cl2NO2S. The molecule has 0 atom stereocenters. The zero-order chi connectivity index (χ0) is 14.2. The van der Waals surface area contributed by atoms with Gasteiger partial charge in [-0.05, 0) is 12.1 Å². The van der Waals surface area contributed by atoms with Crippen LogP contribution in [0.2, 0.25) is 10.0 Å². The fourth-order valence-corrected chi connectivity index (χ4v) is 3.44. The van der Waals surface area contributed by atoms with Crippen molar-refractivity contribution in [2.24, 2.45) is 0 Å². The lowest BCUT2D eigenvalue weighted by atomic mass is 10.1. The molecule has 0 saturated heterocycles.